The van der Waals surface area contributed by atoms with Crippen LogP contribution in [0.2, 0.25) is 0 Å². The van der Waals surface area contributed by atoms with Crippen molar-refractivity contribution in [2.45, 2.75) is 51.0 Å². The van der Waals surface area contributed by atoms with E-state index >= 15 is 0 Å². The molecule has 8 nitrogen and oxygen atoms in total. The van der Waals surface area contributed by atoms with Crippen molar-refractivity contribution in [3.63, 3.8) is 0 Å². The molecule has 3 rings (SSSR count). The van der Waals surface area contributed by atoms with E-state index in [4.69, 9.17) is 19.3 Å². The number of nitrogens with zero attached hydrogens (tertiary/aromatic N) is 3. The van der Waals surface area contributed by atoms with Gasteiger partial charge in [-0.15, -0.1) is 0 Å². The predicted molar refractivity (Wildman–Crippen MR) is 99.8 cm³/mol. The molecule has 1 aromatic carbocycles. The zero-order valence-electron chi connectivity index (χ0n) is 16.2. The molecule has 1 amide bonds. The molecule has 1 saturated carbocycles. The van der Waals surface area contributed by atoms with E-state index in [0.717, 1.165) is 38.5 Å². The van der Waals surface area contributed by atoms with E-state index in [-0.39, 0.29) is 12.5 Å². The molecule has 148 valence electrons. The molecule has 0 aliphatic heterocycles. The molecular weight excluding hydrogens is 360 g/mol. The minimum Gasteiger partial charge on any atom is -0.493 e. The molecule has 0 bridgehead atoms. The van der Waals surface area contributed by atoms with Crippen LogP contribution in [-0.4, -0.2) is 29.8 Å². The molecule has 0 unspecified atom stereocenters. The first-order valence-electron chi connectivity index (χ1n) is 9.39. The summed E-state index contributed by atoms with van der Waals surface area (Å²) >= 11 is 0. The average Bonchev–Trinajstić information content (AvgIpc) is 3.01. The van der Waals surface area contributed by atoms with Gasteiger partial charge in [0.05, 0.1) is 18.7 Å². The highest BCUT2D eigenvalue weighted by atomic mass is 16.5. The number of ether oxygens (including phenoxy) is 2. The lowest BCUT2D eigenvalue weighted by Crippen LogP contribution is -2.48. The lowest BCUT2D eigenvalue weighted by molar-refractivity contribution is -0.125. The van der Waals surface area contributed by atoms with Crippen LogP contribution < -0.4 is 14.8 Å². The largest absolute Gasteiger partial charge is 0.493 e. The van der Waals surface area contributed by atoms with E-state index < -0.39 is 5.54 Å². The fourth-order valence-electron chi connectivity index (χ4n) is 3.53. The van der Waals surface area contributed by atoms with Crippen molar-refractivity contribution in [1.29, 1.82) is 5.26 Å². The van der Waals surface area contributed by atoms with Gasteiger partial charge in [0.25, 0.3) is 5.91 Å². The fraction of sp³-hybridized carbons (Fsp3) is 0.500. The summed E-state index contributed by atoms with van der Waals surface area (Å²) < 4.78 is 16.0. The summed E-state index contributed by atoms with van der Waals surface area (Å²) in [6, 6.07) is 6.85. The van der Waals surface area contributed by atoms with E-state index in [1.165, 1.54) is 7.11 Å². The van der Waals surface area contributed by atoms with Gasteiger partial charge in [0.15, 0.2) is 23.9 Å². The van der Waals surface area contributed by atoms with Crippen molar-refractivity contribution in [1.82, 2.24) is 15.5 Å². The maximum absolute atomic E-state index is 12.7. The van der Waals surface area contributed by atoms with Crippen molar-refractivity contribution in [3.05, 3.63) is 35.5 Å². The Labute approximate surface area is 163 Å². The van der Waals surface area contributed by atoms with Gasteiger partial charge in [-0.05, 0) is 25.0 Å². The second-order valence-electron chi connectivity index (χ2n) is 6.95. The molecule has 2 aromatic rings. The Morgan fingerprint density at radius 1 is 1.29 bits per heavy atom. The number of aromatic nitrogens is 2. The van der Waals surface area contributed by atoms with E-state index in [1.807, 2.05) is 6.07 Å². The van der Waals surface area contributed by atoms with E-state index in [2.05, 4.69) is 15.5 Å². The summed E-state index contributed by atoms with van der Waals surface area (Å²) in [6.07, 6.45) is 5.73. The molecule has 0 atom stereocenters. The van der Waals surface area contributed by atoms with E-state index in [9.17, 15) is 4.79 Å². The fourth-order valence-corrected chi connectivity index (χ4v) is 3.53. The Morgan fingerprint density at radius 3 is 2.64 bits per heavy atom. The van der Waals surface area contributed by atoms with Gasteiger partial charge in [0.1, 0.15) is 5.54 Å². The molecular formula is C20H24N4O4. The quantitative estimate of drug-likeness (QED) is 0.762. The van der Waals surface area contributed by atoms with Gasteiger partial charge < -0.3 is 19.3 Å². The number of benzene rings is 1. The van der Waals surface area contributed by atoms with Crippen LogP contribution in [0.3, 0.4) is 0 Å². The number of hydrogen-bond donors (Lipinski definition) is 1. The van der Waals surface area contributed by atoms with Gasteiger partial charge in [0, 0.05) is 13.0 Å². The van der Waals surface area contributed by atoms with Gasteiger partial charge >= 0.3 is 0 Å². The van der Waals surface area contributed by atoms with Gasteiger partial charge in [0.2, 0.25) is 5.89 Å². The summed E-state index contributed by atoms with van der Waals surface area (Å²) in [5, 5.41) is 16.1. The molecule has 0 radical (unpaired) electrons. The highest BCUT2D eigenvalue weighted by Crippen LogP contribution is 2.34. The molecule has 0 spiro atoms. The lowest BCUT2D eigenvalue weighted by Gasteiger charge is -2.30. The molecule has 1 aliphatic rings. The van der Waals surface area contributed by atoms with Crippen LogP contribution >= 0.6 is 0 Å². The maximum atomic E-state index is 12.7. The van der Waals surface area contributed by atoms with Gasteiger partial charge in [-0.2, -0.15) is 10.2 Å². The van der Waals surface area contributed by atoms with Gasteiger partial charge in [-0.3, -0.25) is 4.79 Å². The number of hydrogen-bond acceptors (Lipinski definition) is 7. The first-order valence-corrected chi connectivity index (χ1v) is 9.39. The van der Waals surface area contributed by atoms with E-state index in [1.54, 1.807) is 25.1 Å². The minimum atomic E-state index is -0.635. The Kier molecular flexibility index (Phi) is 6.14. The van der Waals surface area contributed by atoms with Crippen LogP contribution in [0.5, 0.6) is 11.5 Å². The number of methoxy groups -OCH3 is 1. The first kappa shape index (κ1) is 19.7. The third kappa shape index (κ3) is 4.42. The van der Waals surface area contributed by atoms with Gasteiger partial charge in [-0.25, -0.2) is 0 Å². The SMILES string of the molecule is COc1cc(C#N)ccc1OCC(=O)NC1(c2noc(C)n2)CCCCCC1. The number of carbonyl (C=O) groups excluding carboxylic acids is 1. The third-order valence-electron chi connectivity index (χ3n) is 4.94. The summed E-state index contributed by atoms with van der Waals surface area (Å²) in [5.74, 6) is 1.55. The highest BCUT2D eigenvalue weighted by molar-refractivity contribution is 5.78. The molecule has 28 heavy (non-hydrogen) atoms. The minimum absolute atomic E-state index is 0.180. The molecule has 1 aromatic heterocycles. The number of carbonyl (C=O) groups is 1. The first-order chi connectivity index (χ1) is 13.6. The van der Waals surface area contributed by atoms with E-state index in [0.29, 0.717) is 28.8 Å². The molecule has 1 N–H and O–H groups in total. The Hall–Kier alpha value is -3.08. The monoisotopic (exact) mass is 384 g/mol. The second kappa shape index (κ2) is 8.74. The number of amides is 1. The van der Waals surface area contributed by atoms with Gasteiger partial charge in [-0.1, -0.05) is 30.8 Å². The topological polar surface area (TPSA) is 110 Å². The zero-order chi connectivity index (χ0) is 20.0. The lowest BCUT2D eigenvalue weighted by atomic mass is 9.89. The maximum Gasteiger partial charge on any atom is 0.258 e. The Morgan fingerprint density at radius 2 is 2.04 bits per heavy atom. The molecule has 1 aliphatic carbocycles. The molecule has 1 fully saturated rings. The third-order valence-corrected chi connectivity index (χ3v) is 4.94. The zero-order valence-corrected chi connectivity index (χ0v) is 16.2. The number of nitrogens with one attached hydrogen (secondary N) is 1. The van der Waals surface area contributed by atoms with Crippen molar-refractivity contribution in [3.8, 4) is 17.6 Å². The van der Waals surface area contributed by atoms with Crippen molar-refractivity contribution in [2.24, 2.45) is 0 Å². The number of rotatable bonds is 6. The smallest absolute Gasteiger partial charge is 0.258 e. The van der Waals surface area contributed by atoms with Crippen LogP contribution in [0.25, 0.3) is 0 Å². The molecule has 8 heteroatoms. The number of aryl methyl sites for hydroxylation is 1. The predicted octanol–water partition coefficient (Wildman–Crippen LogP) is 3.00. The van der Waals surface area contributed by atoms with Crippen molar-refractivity contribution in [2.75, 3.05) is 13.7 Å². The van der Waals surface area contributed by atoms with Crippen LogP contribution in [-0.2, 0) is 10.3 Å². The van der Waals surface area contributed by atoms with Crippen molar-refractivity contribution >= 4 is 5.91 Å². The Balaban J connectivity index is 1.72. The normalized spacial score (nSPS) is 15.9. The summed E-state index contributed by atoms with van der Waals surface area (Å²) in [7, 11) is 1.49. The second-order valence-corrected chi connectivity index (χ2v) is 6.95. The van der Waals surface area contributed by atoms with Crippen LogP contribution in [0.4, 0.5) is 0 Å². The molecule has 1 heterocycles. The van der Waals surface area contributed by atoms with Crippen LogP contribution in [0, 0.1) is 18.3 Å². The summed E-state index contributed by atoms with van der Waals surface area (Å²) in [5.41, 5.74) is -0.178. The van der Waals surface area contributed by atoms with Crippen molar-refractivity contribution < 1.29 is 18.8 Å². The van der Waals surface area contributed by atoms with Crippen LogP contribution in [0.1, 0.15) is 55.8 Å². The summed E-state index contributed by atoms with van der Waals surface area (Å²) in [4.78, 5) is 17.1. The Bertz CT molecular complexity index is 863. The standard InChI is InChI=1S/C20H24N4O4/c1-14-22-19(24-28-14)20(9-5-3-4-6-10-20)23-18(25)13-27-16-8-7-15(12-21)11-17(16)26-2/h7-8,11H,3-6,9-10,13H2,1-2H3,(H,23,25). The number of nitriles is 1. The van der Waals surface area contributed by atoms with Crippen LogP contribution in [0.15, 0.2) is 22.7 Å². The summed E-state index contributed by atoms with van der Waals surface area (Å²) in [6.45, 7) is 1.56. The molecule has 0 saturated heterocycles. The average molecular weight is 384 g/mol. The highest BCUT2D eigenvalue weighted by Gasteiger charge is 2.38.